The van der Waals surface area contributed by atoms with Gasteiger partial charge in [-0.2, -0.15) is 0 Å². The van der Waals surface area contributed by atoms with Gasteiger partial charge in [-0.15, -0.1) is 11.8 Å². The Morgan fingerprint density at radius 3 is 2.70 bits per heavy atom. The molecule has 0 radical (unpaired) electrons. The molecule has 112 valence electrons. The molecule has 20 heavy (non-hydrogen) atoms. The molecule has 1 aromatic rings. The molecular formula is C17H27NOS. The van der Waals surface area contributed by atoms with Crippen molar-refractivity contribution in [1.82, 2.24) is 5.32 Å². The fraction of sp³-hybridized carbons (Fsp3) is 0.647. The van der Waals surface area contributed by atoms with Gasteiger partial charge in [0.2, 0.25) is 0 Å². The van der Waals surface area contributed by atoms with Gasteiger partial charge >= 0.3 is 0 Å². The predicted octanol–water partition coefficient (Wildman–Crippen LogP) is 4.34. The molecule has 1 aromatic carbocycles. The van der Waals surface area contributed by atoms with E-state index in [2.05, 4.69) is 50.4 Å². The van der Waals surface area contributed by atoms with E-state index in [1.807, 2.05) is 11.8 Å². The molecule has 1 aliphatic rings. The molecule has 0 fully saturated rings. The zero-order chi connectivity index (χ0) is 14.4. The summed E-state index contributed by atoms with van der Waals surface area (Å²) in [7, 11) is 0. The maximum Gasteiger partial charge on any atom is 0.133 e. The lowest BCUT2D eigenvalue weighted by Gasteiger charge is -2.34. The summed E-state index contributed by atoms with van der Waals surface area (Å²) in [4.78, 5) is 1.28. The van der Waals surface area contributed by atoms with Gasteiger partial charge in [-0.25, -0.2) is 0 Å². The van der Waals surface area contributed by atoms with Crippen LogP contribution in [0.3, 0.4) is 0 Å². The van der Waals surface area contributed by atoms with Crippen LogP contribution in [-0.2, 0) is 0 Å². The zero-order valence-corrected chi connectivity index (χ0v) is 13.7. The van der Waals surface area contributed by atoms with E-state index in [-0.39, 0.29) is 6.10 Å². The number of benzene rings is 1. The molecule has 0 saturated carbocycles. The van der Waals surface area contributed by atoms with Gasteiger partial charge in [-0.05, 0) is 31.0 Å². The molecule has 2 unspecified atom stereocenters. The number of rotatable bonds is 7. The molecule has 1 N–H and O–H groups in total. The van der Waals surface area contributed by atoms with E-state index >= 15 is 0 Å². The summed E-state index contributed by atoms with van der Waals surface area (Å²) < 4.78 is 6.25. The lowest BCUT2D eigenvalue weighted by atomic mass is 9.92. The minimum atomic E-state index is 0.287. The summed E-state index contributed by atoms with van der Waals surface area (Å²) in [5.41, 5.74) is 0. The van der Waals surface area contributed by atoms with Gasteiger partial charge < -0.3 is 10.1 Å². The van der Waals surface area contributed by atoms with Crippen LogP contribution in [0.5, 0.6) is 5.75 Å². The van der Waals surface area contributed by atoms with Crippen molar-refractivity contribution < 1.29 is 4.74 Å². The average molecular weight is 293 g/mol. The van der Waals surface area contributed by atoms with Crippen LogP contribution in [0.15, 0.2) is 29.2 Å². The molecule has 1 aliphatic heterocycles. The first-order chi connectivity index (χ1) is 9.78. The molecule has 0 amide bonds. The van der Waals surface area contributed by atoms with Crippen molar-refractivity contribution in [3.8, 4) is 5.75 Å². The molecule has 0 bridgehead atoms. The second-order valence-corrected chi connectivity index (χ2v) is 6.56. The average Bonchev–Trinajstić information content (AvgIpc) is 2.51. The number of ether oxygens (including phenoxy) is 1. The predicted molar refractivity (Wildman–Crippen MR) is 87.7 cm³/mol. The number of para-hydroxylation sites is 1. The Hall–Kier alpha value is -0.670. The van der Waals surface area contributed by atoms with E-state index in [0.717, 1.165) is 24.0 Å². The molecule has 1 heterocycles. The number of fused-ring (bicyclic) bond motifs is 1. The van der Waals surface area contributed by atoms with Crippen molar-refractivity contribution in [2.45, 2.75) is 57.1 Å². The van der Waals surface area contributed by atoms with Crippen LogP contribution < -0.4 is 10.1 Å². The Labute approximate surface area is 127 Å². The maximum absolute atomic E-state index is 6.25. The van der Waals surface area contributed by atoms with Crippen LogP contribution in [-0.4, -0.2) is 24.4 Å². The highest BCUT2D eigenvalue weighted by Gasteiger charge is 2.28. The van der Waals surface area contributed by atoms with Crippen molar-refractivity contribution in [2.24, 2.45) is 5.92 Å². The zero-order valence-electron chi connectivity index (χ0n) is 12.9. The smallest absolute Gasteiger partial charge is 0.133 e. The van der Waals surface area contributed by atoms with Gasteiger partial charge in [0.15, 0.2) is 0 Å². The summed E-state index contributed by atoms with van der Waals surface area (Å²) in [6.07, 6.45) is 4.02. The first-order valence-electron chi connectivity index (χ1n) is 7.90. The molecule has 0 saturated heterocycles. The van der Waals surface area contributed by atoms with E-state index in [1.54, 1.807) is 0 Å². The monoisotopic (exact) mass is 293 g/mol. The van der Waals surface area contributed by atoms with Crippen molar-refractivity contribution in [3.05, 3.63) is 24.3 Å². The second kappa shape index (κ2) is 7.94. The van der Waals surface area contributed by atoms with Gasteiger partial charge in [-0.1, -0.05) is 45.7 Å². The Morgan fingerprint density at radius 2 is 2.00 bits per heavy atom. The molecule has 3 heteroatoms. The normalized spacial score (nSPS) is 19.5. The Morgan fingerprint density at radius 1 is 1.25 bits per heavy atom. The summed E-state index contributed by atoms with van der Waals surface area (Å²) in [6, 6.07) is 8.85. The number of likely N-dealkylation sites (N-methyl/N-ethyl adjacent to an activating group) is 1. The Kier molecular flexibility index (Phi) is 6.24. The van der Waals surface area contributed by atoms with Crippen molar-refractivity contribution in [3.63, 3.8) is 0 Å². The fourth-order valence-corrected chi connectivity index (χ4v) is 3.92. The topological polar surface area (TPSA) is 21.3 Å². The lowest BCUT2D eigenvalue weighted by Crippen LogP contribution is -2.46. The summed E-state index contributed by atoms with van der Waals surface area (Å²) in [6.45, 7) is 7.78. The van der Waals surface area contributed by atoms with E-state index < -0.39 is 0 Å². The van der Waals surface area contributed by atoms with Crippen LogP contribution in [0.1, 0.15) is 40.0 Å². The van der Waals surface area contributed by atoms with Crippen molar-refractivity contribution in [2.75, 3.05) is 12.3 Å². The standard InChI is InChI=1S/C17H27NOS/c1-4-13(5-2)11-14(18-6-3)16-12-20-17-10-8-7-9-15(17)19-16/h7-10,13-14,16,18H,4-6,11-12H2,1-3H3. The first-order valence-corrected chi connectivity index (χ1v) is 8.88. The molecule has 2 atom stereocenters. The third-order valence-corrected chi connectivity index (χ3v) is 5.33. The SMILES string of the molecule is CCNC(CC(CC)CC)C1CSc2ccccc2O1. The van der Waals surface area contributed by atoms with Gasteiger partial charge in [0, 0.05) is 16.7 Å². The summed E-state index contributed by atoms with van der Waals surface area (Å²) >= 11 is 1.93. The molecule has 2 rings (SSSR count). The fourth-order valence-electron chi connectivity index (χ4n) is 2.84. The number of nitrogens with one attached hydrogen (secondary N) is 1. The largest absolute Gasteiger partial charge is 0.487 e. The second-order valence-electron chi connectivity index (χ2n) is 5.50. The highest BCUT2D eigenvalue weighted by molar-refractivity contribution is 7.99. The van der Waals surface area contributed by atoms with Crippen LogP contribution in [0.4, 0.5) is 0 Å². The van der Waals surface area contributed by atoms with E-state index in [1.165, 1.54) is 24.2 Å². The molecule has 0 aliphatic carbocycles. The minimum Gasteiger partial charge on any atom is -0.487 e. The van der Waals surface area contributed by atoms with Crippen molar-refractivity contribution in [1.29, 1.82) is 0 Å². The van der Waals surface area contributed by atoms with Gasteiger partial charge in [0.25, 0.3) is 0 Å². The Bertz CT molecular complexity index is 406. The van der Waals surface area contributed by atoms with Crippen LogP contribution >= 0.6 is 11.8 Å². The molecule has 0 spiro atoms. The Balaban J connectivity index is 2.03. The van der Waals surface area contributed by atoms with Crippen molar-refractivity contribution >= 4 is 11.8 Å². The molecule has 0 aromatic heterocycles. The van der Waals surface area contributed by atoms with E-state index in [9.17, 15) is 0 Å². The molecule has 2 nitrogen and oxygen atoms in total. The molecular weight excluding hydrogens is 266 g/mol. The summed E-state index contributed by atoms with van der Waals surface area (Å²) in [5, 5.41) is 3.64. The number of hydrogen-bond acceptors (Lipinski definition) is 3. The highest BCUT2D eigenvalue weighted by Crippen LogP contribution is 2.36. The van der Waals surface area contributed by atoms with Gasteiger partial charge in [-0.3, -0.25) is 0 Å². The minimum absolute atomic E-state index is 0.287. The van der Waals surface area contributed by atoms with Crippen LogP contribution in [0.25, 0.3) is 0 Å². The van der Waals surface area contributed by atoms with E-state index in [4.69, 9.17) is 4.74 Å². The van der Waals surface area contributed by atoms with E-state index in [0.29, 0.717) is 6.04 Å². The lowest BCUT2D eigenvalue weighted by molar-refractivity contribution is 0.149. The van der Waals surface area contributed by atoms with Gasteiger partial charge in [0.1, 0.15) is 11.9 Å². The number of hydrogen-bond donors (Lipinski definition) is 1. The maximum atomic E-state index is 6.25. The quantitative estimate of drug-likeness (QED) is 0.808. The van der Waals surface area contributed by atoms with Crippen LogP contribution in [0.2, 0.25) is 0 Å². The van der Waals surface area contributed by atoms with Gasteiger partial charge in [0.05, 0.1) is 0 Å². The number of thioether (sulfide) groups is 1. The van der Waals surface area contributed by atoms with Crippen LogP contribution in [0, 0.1) is 5.92 Å². The third kappa shape index (κ3) is 3.92. The highest BCUT2D eigenvalue weighted by atomic mass is 32.2. The third-order valence-electron chi connectivity index (χ3n) is 4.19. The summed E-state index contributed by atoms with van der Waals surface area (Å²) in [5.74, 6) is 2.90. The first kappa shape index (κ1) is 15.7.